The molecule has 0 aliphatic carbocycles. The van der Waals surface area contributed by atoms with Crippen molar-refractivity contribution >= 4 is 18.4 Å². The fourth-order valence-electron chi connectivity index (χ4n) is 3.57. The minimum Gasteiger partial charge on any atom is -0.346 e. The van der Waals surface area contributed by atoms with Gasteiger partial charge in [0.2, 0.25) is 0 Å². The van der Waals surface area contributed by atoms with Crippen LogP contribution in [-0.4, -0.2) is 19.2 Å². The number of rotatable bonds is 4. The Kier molecular flexibility index (Phi) is 6.22. The van der Waals surface area contributed by atoms with Gasteiger partial charge in [-0.25, -0.2) is 4.99 Å². The van der Waals surface area contributed by atoms with E-state index < -0.39 is 0 Å². The minimum absolute atomic E-state index is 0.119. The molecule has 2 aromatic carbocycles. The third kappa shape index (κ3) is 4.46. The maximum Gasteiger partial charge on any atom is 0.112 e. The molecule has 4 heteroatoms. The third-order valence-corrected chi connectivity index (χ3v) is 4.95. The largest absolute Gasteiger partial charge is 0.346 e. The van der Waals surface area contributed by atoms with Crippen LogP contribution in [0.1, 0.15) is 36.6 Å². The van der Waals surface area contributed by atoms with Crippen molar-refractivity contribution in [2.75, 3.05) is 11.9 Å². The first-order valence-electron chi connectivity index (χ1n) is 9.55. The molecule has 28 heavy (non-hydrogen) atoms. The van der Waals surface area contributed by atoms with Gasteiger partial charge in [-0.05, 0) is 62.1 Å². The van der Waals surface area contributed by atoms with Crippen molar-refractivity contribution < 1.29 is 0 Å². The molecule has 0 spiro atoms. The van der Waals surface area contributed by atoms with Crippen molar-refractivity contribution in [1.29, 1.82) is 0 Å². The lowest BCUT2D eigenvalue weighted by atomic mass is 9.92. The average Bonchev–Trinajstić information content (AvgIpc) is 2.65. The van der Waals surface area contributed by atoms with E-state index in [1.165, 1.54) is 22.3 Å². The Bertz CT molecular complexity index is 960. The summed E-state index contributed by atoms with van der Waals surface area (Å²) in [5.74, 6) is 0. The zero-order valence-corrected chi connectivity index (χ0v) is 17.0. The van der Waals surface area contributed by atoms with Crippen LogP contribution in [0.15, 0.2) is 69.7 Å². The molecule has 4 nitrogen and oxygen atoms in total. The number of hydrogen-bond donors (Lipinski definition) is 2. The van der Waals surface area contributed by atoms with Crippen molar-refractivity contribution in [3.8, 4) is 11.1 Å². The molecule has 2 aromatic rings. The second-order valence-electron chi connectivity index (χ2n) is 7.31. The monoisotopic (exact) mass is 372 g/mol. The minimum atomic E-state index is -0.119. The molecule has 0 fully saturated rings. The van der Waals surface area contributed by atoms with E-state index in [1.807, 2.05) is 6.92 Å². The second-order valence-corrected chi connectivity index (χ2v) is 7.31. The summed E-state index contributed by atoms with van der Waals surface area (Å²) in [6.07, 6.45) is 7.55. The average molecular weight is 373 g/mol. The zero-order valence-electron chi connectivity index (χ0n) is 17.0. The fourth-order valence-corrected chi connectivity index (χ4v) is 3.57. The lowest BCUT2D eigenvalue weighted by Crippen LogP contribution is -2.06. The molecule has 3 N–H and O–H groups in total. The SMILES string of the molecule is CC(=C/[C@@H]1N=CN=CNc2ccc(-c3c(C)cccc3C)cc21)/C=C(/C)CN. The number of aryl methyl sites for hydroxylation is 2. The van der Waals surface area contributed by atoms with E-state index in [0.29, 0.717) is 6.54 Å². The quantitative estimate of drug-likeness (QED) is 0.711. The maximum atomic E-state index is 5.73. The Morgan fingerprint density at radius 1 is 1.14 bits per heavy atom. The number of aliphatic imine (C=N–C) groups is 2. The Hall–Kier alpha value is -2.98. The van der Waals surface area contributed by atoms with Gasteiger partial charge >= 0.3 is 0 Å². The molecule has 0 unspecified atom stereocenters. The van der Waals surface area contributed by atoms with Gasteiger partial charge in [0.1, 0.15) is 6.34 Å². The van der Waals surface area contributed by atoms with Crippen molar-refractivity contribution in [3.63, 3.8) is 0 Å². The summed E-state index contributed by atoms with van der Waals surface area (Å²) >= 11 is 0. The van der Waals surface area contributed by atoms with Gasteiger partial charge in [-0.1, -0.05) is 47.6 Å². The zero-order chi connectivity index (χ0) is 20.1. The molecule has 1 atom stereocenters. The van der Waals surface area contributed by atoms with Gasteiger partial charge in [0, 0.05) is 17.8 Å². The first kappa shape index (κ1) is 19.8. The van der Waals surface area contributed by atoms with Gasteiger partial charge in [-0.15, -0.1) is 0 Å². The molecule has 0 saturated heterocycles. The Labute approximate surface area is 167 Å². The highest BCUT2D eigenvalue weighted by Gasteiger charge is 2.16. The second kappa shape index (κ2) is 8.81. The molecule has 0 amide bonds. The van der Waals surface area contributed by atoms with Gasteiger partial charge in [0.05, 0.1) is 12.4 Å². The van der Waals surface area contributed by atoms with Crippen molar-refractivity contribution in [1.82, 2.24) is 0 Å². The number of nitrogens with two attached hydrogens (primary N) is 1. The number of anilines is 1. The van der Waals surface area contributed by atoms with Crippen LogP contribution in [0.3, 0.4) is 0 Å². The summed E-state index contributed by atoms with van der Waals surface area (Å²) in [6, 6.07) is 12.8. The van der Waals surface area contributed by atoms with Crippen LogP contribution in [0, 0.1) is 13.8 Å². The Balaban J connectivity index is 2.12. The smallest absolute Gasteiger partial charge is 0.112 e. The Morgan fingerprint density at radius 3 is 2.61 bits per heavy atom. The van der Waals surface area contributed by atoms with Gasteiger partial charge < -0.3 is 11.1 Å². The first-order valence-corrected chi connectivity index (χ1v) is 9.55. The maximum absolute atomic E-state index is 5.73. The Morgan fingerprint density at radius 2 is 1.89 bits per heavy atom. The van der Waals surface area contributed by atoms with Gasteiger partial charge in [0.25, 0.3) is 0 Å². The standard InChI is InChI=1S/C24H28N4/c1-16(10-17(2)13-25)11-23-21-12-20(24-18(3)6-5-7-19(24)4)8-9-22(21)27-14-26-15-28-23/h5-12,14-15,23H,13,25H2,1-4H3,(H,26,27,28)/b16-11-,17-10-/t23-/m0/s1. The summed E-state index contributed by atoms with van der Waals surface area (Å²) in [7, 11) is 0. The van der Waals surface area contributed by atoms with E-state index in [2.05, 4.69) is 84.6 Å². The fraction of sp³-hybridized carbons (Fsp3) is 0.250. The van der Waals surface area contributed by atoms with Gasteiger partial charge in [0.15, 0.2) is 0 Å². The molecular weight excluding hydrogens is 344 g/mol. The van der Waals surface area contributed by atoms with Crippen LogP contribution in [0.4, 0.5) is 5.69 Å². The highest BCUT2D eigenvalue weighted by Crippen LogP contribution is 2.35. The highest BCUT2D eigenvalue weighted by molar-refractivity contribution is 5.86. The summed E-state index contributed by atoms with van der Waals surface area (Å²) in [5.41, 5.74) is 15.2. The van der Waals surface area contributed by atoms with E-state index in [9.17, 15) is 0 Å². The predicted molar refractivity (Wildman–Crippen MR) is 121 cm³/mol. The molecule has 1 aliphatic rings. The molecule has 1 aliphatic heterocycles. The van der Waals surface area contributed by atoms with Gasteiger partial charge in [-0.2, -0.15) is 0 Å². The highest BCUT2D eigenvalue weighted by atomic mass is 15.0. The topological polar surface area (TPSA) is 62.8 Å². The van der Waals surface area contributed by atoms with E-state index >= 15 is 0 Å². The summed E-state index contributed by atoms with van der Waals surface area (Å²) in [6.45, 7) is 8.99. The van der Waals surface area contributed by atoms with Crippen LogP contribution in [0.5, 0.6) is 0 Å². The summed E-state index contributed by atoms with van der Waals surface area (Å²) < 4.78 is 0. The molecule has 3 rings (SSSR count). The molecule has 0 bridgehead atoms. The lowest BCUT2D eigenvalue weighted by molar-refractivity contribution is 0.909. The van der Waals surface area contributed by atoms with Crippen LogP contribution in [-0.2, 0) is 0 Å². The number of nitrogens with one attached hydrogen (secondary N) is 1. The first-order chi connectivity index (χ1) is 13.5. The normalized spacial score (nSPS) is 17.0. The molecule has 1 heterocycles. The number of hydrogen-bond acceptors (Lipinski definition) is 4. The van der Waals surface area contributed by atoms with E-state index in [1.54, 1.807) is 12.7 Å². The van der Waals surface area contributed by atoms with Crippen LogP contribution in [0.2, 0.25) is 0 Å². The molecule has 0 radical (unpaired) electrons. The van der Waals surface area contributed by atoms with Crippen LogP contribution in [0.25, 0.3) is 11.1 Å². The van der Waals surface area contributed by atoms with Crippen molar-refractivity contribution in [2.24, 2.45) is 15.7 Å². The number of allylic oxidation sites excluding steroid dienone is 2. The predicted octanol–water partition coefficient (Wildman–Crippen LogP) is 5.34. The van der Waals surface area contributed by atoms with E-state index in [4.69, 9.17) is 5.73 Å². The van der Waals surface area contributed by atoms with Crippen molar-refractivity contribution in [2.45, 2.75) is 33.7 Å². The molecular formula is C24H28N4. The van der Waals surface area contributed by atoms with Crippen LogP contribution < -0.4 is 11.1 Å². The van der Waals surface area contributed by atoms with Gasteiger partial charge in [-0.3, -0.25) is 4.99 Å². The molecule has 0 saturated carbocycles. The van der Waals surface area contributed by atoms with Crippen LogP contribution >= 0.6 is 0 Å². The number of benzene rings is 2. The summed E-state index contributed by atoms with van der Waals surface area (Å²) in [5, 5.41) is 3.28. The third-order valence-electron chi connectivity index (χ3n) is 4.95. The lowest BCUT2D eigenvalue weighted by Gasteiger charge is -2.19. The van der Waals surface area contributed by atoms with E-state index in [-0.39, 0.29) is 6.04 Å². The molecule has 144 valence electrons. The molecule has 0 aromatic heterocycles. The number of fused-ring (bicyclic) bond motifs is 1. The number of nitrogens with zero attached hydrogens (tertiary/aromatic N) is 2. The van der Waals surface area contributed by atoms with Crippen molar-refractivity contribution in [3.05, 3.63) is 76.4 Å². The van der Waals surface area contributed by atoms with E-state index in [0.717, 1.165) is 22.4 Å². The summed E-state index contributed by atoms with van der Waals surface area (Å²) in [4.78, 5) is 8.86.